The fourth-order valence-electron chi connectivity index (χ4n) is 1.53. The van der Waals surface area contributed by atoms with Crippen LogP contribution in [0.3, 0.4) is 0 Å². The van der Waals surface area contributed by atoms with Gasteiger partial charge in [-0.15, -0.1) is 0 Å². The number of aromatic amines is 1. The summed E-state index contributed by atoms with van der Waals surface area (Å²) in [5.74, 6) is 2.44. The Morgan fingerprint density at radius 1 is 1.43 bits per heavy atom. The van der Waals surface area contributed by atoms with Gasteiger partial charge >= 0.3 is 0 Å². The van der Waals surface area contributed by atoms with Gasteiger partial charge in [-0.1, -0.05) is 6.42 Å². The Morgan fingerprint density at radius 2 is 2.29 bits per heavy atom. The normalized spacial score (nSPS) is 22.1. The van der Waals surface area contributed by atoms with E-state index in [1.165, 1.54) is 18.6 Å². The summed E-state index contributed by atoms with van der Waals surface area (Å²) in [6.07, 6.45) is 3.69. The zero-order valence-electron chi connectivity index (χ0n) is 7.69. The summed E-state index contributed by atoms with van der Waals surface area (Å²) >= 11 is 6.84. The largest absolute Gasteiger partial charge is 0.369 e. The molecular formula is C8H12N4S2. The fourth-order valence-corrected chi connectivity index (χ4v) is 2.98. The number of nitrogens with zero attached hydrogens (tertiary/aromatic N) is 2. The lowest BCUT2D eigenvalue weighted by Crippen LogP contribution is -2.09. The number of aromatic nitrogens is 3. The first-order valence-electron chi connectivity index (χ1n) is 4.61. The number of nitrogen functional groups attached to an aromatic ring is 1. The number of hydrogen-bond donors (Lipinski definition) is 2. The highest BCUT2D eigenvalue weighted by Gasteiger charge is 2.18. The van der Waals surface area contributed by atoms with E-state index in [9.17, 15) is 0 Å². The molecule has 4 nitrogen and oxygen atoms in total. The Bertz CT molecular complexity index is 370. The third-order valence-electron chi connectivity index (χ3n) is 2.17. The third-order valence-corrected chi connectivity index (χ3v) is 3.74. The maximum atomic E-state index is 5.58. The summed E-state index contributed by atoms with van der Waals surface area (Å²) in [6, 6.07) is 0. The lowest BCUT2D eigenvalue weighted by Gasteiger charge is -2.20. The fraction of sp³-hybridized carbons (Fsp3) is 0.625. The third kappa shape index (κ3) is 2.24. The second-order valence-electron chi connectivity index (χ2n) is 3.26. The topological polar surface area (TPSA) is 67.6 Å². The minimum absolute atomic E-state index is 0.336. The molecule has 6 heteroatoms. The summed E-state index contributed by atoms with van der Waals surface area (Å²) in [6.45, 7) is 0. The van der Waals surface area contributed by atoms with Crippen molar-refractivity contribution in [3.63, 3.8) is 0 Å². The molecule has 1 aromatic rings. The van der Waals surface area contributed by atoms with Crippen molar-refractivity contribution in [2.45, 2.75) is 24.5 Å². The van der Waals surface area contributed by atoms with Crippen LogP contribution in [0.4, 0.5) is 5.95 Å². The van der Waals surface area contributed by atoms with Gasteiger partial charge in [0.2, 0.25) is 10.7 Å². The van der Waals surface area contributed by atoms with Gasteiger partial charge in [0.25, 0.3) is 0 Å². The first kappa shape index (κ1) is 9.92. The van der Waals surface area contributed by atoms with Gasteiger partial charge in [-0.3, -0.25) is 0 Å². The Labute approximate surface area is 91.7 Å². The number of H-pyrrole nitrogens is 1. The van der Waals surface area contributed by atoms with E-state index in [1.54, 1.807) is 0 Å². The van der Waals surface area contributed by atoms with Crippen LogP contribution in [0, 0.1) is 4.77 Å². The molecule has 1 fully saturated rings. The molecule has 1 saturated heterocycles. The number of anilines is 1. The predicted molar refractivity (Wildman–Crippen MR) is 60.7 cm³/mol. The number of rotatable bonds is 1. The Kier molecular flexibility index (Phi) is 3.02. The van der Waals surface area contributed by atoms with Crippen molar-refractivity contribution in [1.29, 1.82) is 0 Å². The summed E-state index contributed by atoms with van der Waals surface area (Å²) in [4.78, 5) is 11.0. The Balaban J connectivity index is 2.26. The SMILES string of the molecule is Nc1nc(=S)nc(C2CCCCS2)[nH]1. The van der Waals surface area contributed by atoms with Crippen LogP contribution in [0.15, 0.2) is 0 Å². The molecule has 0 aliphatic carbocycles. The molecule has 1 aliphatic rings. The molecule has 0 aromatic carbocycles. The van der Waals surface area contributed by atoms with E-state index in [-0.39, 0.29) is 0 Å². The summed E-state index contributed by atoms with van der Waals surface area (Å²) in [5, 5.41) is 0.413. The second-order valence-corrected chi connectivity index (χ2v) is 4.93. The monoisotopic (exact) mass is 228 g/mol. The van der Waals surface area contributed by atoms with Crippen molar-refractivity contribution < 1.29 is 0 Å². The number of hydrogen-bond acceptors (Lipinski definition) is 5. The van der Waals surface area contributed by atoms with Gasteiger partial charge in [0.05, 0.1) is 5.25 Å². The lowest BCUT2D eigenvalue weighted by atomic mass is 10.2. The van der Waals surface area contributed by atoms with E-state index in [0.717, 1.165) is 12.2 Å². The van der Waals surface area contributed by atoms with Crippen LogP contribution in [-0.2, 0) is 0 Å². The average Bonchev–Trinajstić information content (AvgIpc) is 2.18. The van der Waals surface area contributed by atoms with E-state index < -0.39 is 0 Å². The molecule has 0 amide bonds. The maximum absolute atomic E-state index is 5.58. The van der Waals surface area contributed by atoms with Crippen molar-refractivity contribution in [3.05, 3.63) is 10.6 Å². The standard InChI is InChI=1S/C8H12N4S2/c9-7-10-6(11-8(13)12-7)5-3-1-2-4-14-5/h5H,1-4H2,(H3,9,10,11,12,13). The van der Waals surface area contributed by atoms with Gasteiger partial charge in [-0.25, -0.2) is 4.98 Å². The molecule has 1 aromatic heterocycles. The van der Waals surface area contributed by atoms with Crippen molar-refractivity contribution in [2.75, 3.05) is 11.5 Å². The molecule has 14 heavy (non-hydrogen) atoms. The van der Waals surface area contributed by atoms with Crippen LogP contribution in [0.25, 0.3) is 0 Å². The zero-order chi connectivity index (χ0) is 9.97. The minimum Gasteiger partial charge on any atom is -0.369 e. The summed E-state index contributed by atoms with van der Waals surface area (Å²) in [7, 11) is 0. The Hall–Kier alpha value is -0.620. The highest BCUT2D eigenvalue weighted by molar-refractivity contribution is 7.99. The summed E-state index contributed by atoms with van der Waals surface area (Å²) in [5.41, 5.74) is 5.58. The predicted octanol–water partition coefficient (Wildman–Crippen LogP) is 2.07. The van der Waals surface area contributed by atoms with Gasteiger partial charge < -0.3 is 10.7 Å². The second kappa shape index (κ2) is 4.27. The van der Waals surface area contributed by atoms with Crippen LogP contribution >= 0.6 is 24.0 Å². The van der Waals surface area contributed by atoms with Crippen molar-refractivity contribution in [2.24, 2.45) is 0 Å². The van der Waals surface area contributed by atoms with E-state index in [4.69, 9.17) is 18.0 Å². The average molecular weight is 228 g/mol. The molecule has 76 valence electrons. The summed E-state index contributed by atoms with van der Waals surface area (Å²) < 4.78 is 0.336. The molecule has 3 N–H and O–H groups in total. The van der Waals surface area contributed by atoms with E-state index in [2.05, 4.69) is 15.0 Å². The van der Waals surface area contributed by atoms with Gasteiger partial charge in [-0.2, -0.15) is 16.7 Å². The molecule has 0 radical (unpaired) electrons. The van der Waals surface area contributed by atoms with Gasteiger partial charge in [-0.05, 0) is 30.8 Å². The van der Waals surface area contributed by atoms with Gasteiger partial charge in [0.1, 0.15) is 5.82 Å². The molecule has 0 saturated carbocycles. The smallest absolute Gasteiger partial charge is 0.224 e. The zero-order valence-corrected chi connectivity index (χ0v) is 9.33. The minimum atomic E-state index is 0.336. The molecule has 0 spiro atoms. The van der Waals surface area contributed by atoms with Crippen LogP contribution < -0.4 is 5.73 Å². The first-order chi connectivity index (χ1) is 6.75. The van der Waals surface area contributed by atoms with E-state index in [1.807, 2.05) is 11.8 Å². The van der Waals surface area contributed by atoms with Crippen molar-refractivity contribution in [1.82, 2.24) is 15.0 Å². The first-order valence-corrected chi connectivity index (χ1v) is 6.07. The molecule has 1 aliphatic heterocycles. The maximum Gasteiger partial charge on any atom is 0.224 e. The van der Waals surface area contributed by atoms with Crippen LogP contribution in [0.2, 0.25) is 0 Å². The van der Waals surface area contributed by atoms with E-state index >= 15 is 0 Å². The molecule has 0 bridgehead atoms. The highest BCUT2D eigenvalue weighted by atomic mass is 32.2. The highest BCUT2D eigenvalue weighted by Crippen LogP contribution is 2.36. The van der Waals surface area contributed by atoms with Crippen LogP contribution in [0.1, 0.15) is 30.3 Å². The molecular weight excluding hydrogens is 216 g/mol. The molecule has 2 heterocycles. The van der Waals surface area contributed by atoms with Gasteiger partial charge in [0, 0.05) is 0 Å². The van der Waals surface area contributed by atoms with Crippen molar-refractivity contribution >= 4 is 29.9 Å². The molecule has 1 unspecified atom stereocenters. The molecule has 1 atom stereocenters. The molecule has 2 rings (SSSR count). The number of nitrogens with two attached hydrogens (primary N) is 1. The lowest BCUT2D eigenvalue weighted by molar-refractivity contribution is 0.658. The number of thioether (sulfide) groups is 1. The van der Waals surface area contributed by atoms with Crippen LogP contribution in [0.5, 0.6) is 0 Å². The van der Waals surface area contributed by atoms with E-state index in [0.29, 0.717) is 16.0 Å². The quantitative estimate of drug-likeness (QED) is 0.720. The van der Waals surface area contributed by atoms with Gasteiger partial charge in [0.15, 0.2) is 0 Å². The van der Waals surface area contributed by atoms with Crippen LogP contribution in [-0.4, -0.2) is 20.7 Å². The Morgan fingerprint density at radius 3 is 2.93 bits per heavy atom. The number of nitrogens with one attached hydrogen (secondary N) is 1. The van der Waals surface area contributed by atoms with Crippen molar-refractivity contribution in [3.8, 4) is 0 Å².